The first-order chi connectivity index (χ1) is 6.02. The molecule has 4 heteroatoms. The zero-order valence-corrected chi connectivity index (χ0v) is 8.03. The lowest BCUT2D eigenvalue weighted by atomic mass is 9.82. The van der Waals surface area contributed by atoms with Gasteiger partial charge in [-0.2, -0.15) is 0 Å². The number of hydrogen-bond donors (Lipinski definition) is 3. The molecule has 0 aromatic carbocycles. The van der Waals surface area contributed by atoms with Gasteiger partial charge in [-0.25, -0.2) is 0 Å². The van der Waals surface area contributed by atoms with E-state index in [4.69, 9.17) is 0 Å². The molecule has 1 aliphatic carbocycles. The zero-order chi connectivity index (χ0) is 10.0. The van der Waals surface area contributed by atoms with E-state index < -0.39 is 12.2 Å². The van der Waals surface area contributed by atoms with E-state index >= 15 is 0 Å². The van der Waals surface area contributed by atoms with Crippen LogP contribution in [0, 0.1) is 5.92 Å². The van der Waals surface area contributed by atoms with Gasteiger partial charge in [0.1, 0.15) is 6.10 Å². The maximum Gasteiger partial charge on any atom is 0.217 e. The minimum atomic E-state index is -0.826. The second-order valence-corrected chi connectivity index (χ2v) is 3.84. The van der Waals surface area contributed by atoms with Crippen LogP contribution in [-0.2, 0) is 4.79 Å². The number of aliphatic hydroxyl groups is 2. The first-order valence-electron chi connectivity index (χ1n) is 4.65. The van der Waals surface area contributed by atoms with Crippen molar-refractivity contribution in [2.45, 2.75) is 44.9 Å². The summed E-state index contributed by atoms with van der Waals surface area (Å²) in [6.07, 6.45) is 0.0283. The van der Waals surface area contributed by atoms with E-state index in [0.29, 0.717) is 0 Å². The molecule has 1 aliphatic rings. The smallest absolute Gasteiger partial charge is 0.217 e. The molecule has 3 N–H and O–H groups in total. The summed E-state index contributed by atoms with van der Waals surface area (Å²) >= 11 is 0. The Labute approximate surface area is 78.0 Å². The van der Waals surface area contributed by atoms with Gasteiger partial charge in [-0.15, -0.1) is 0 Å². The number of rotatable bonds is 1. The largest absolute Gasteiger partial charge is 0.390 e. The Morgan fingerprint density at radius 2 is 1.92 bits per heavy atom. The van der Waals surface area contributed by atoms with Crippen molar-refractivity contribution in [1.29, 1.82) is 0 Å². The second kappa shape index (κ2) is 4.07. The van der Waals surface area contributed by atoms with Gasteiger partial charge >= 0.3 is 0 Å². The normalized spacial score (nSPS) is 40.0. The summed E-state index contributed by atoms with van der Waals surface area (Å²) in [4.78, 5) is 10.7. The minimum Gasteiger partial charge on any atom is -0.390 e. The van der Waals surface area contributed by atoms with Crippen molar-refractivity contribution in [3.8, 4) is 0 Å². The summed E-state index contributed by atoms with van der Waals surface area (Å²) in [5, 5.41) is 21.8. The van der Waals surface area contributed by atoms with Crippen LogP contribution in [0.4, 0.5) is 0 Å². The van der Waals surface area contributed by atoms with Crippen LogP contribution >= 0.6 is 0 Å². The van der Waals surface area contributed by atoms with Crippen LogP contribution in [0.2, 0.25) is 0 Å². The molecular weight excluding hydrogens is 170 g/mol. The fourth-order valence-corrected chi connectivity index (χ4v) is 1.78. The predicted octanol–water partition coefficient (Wildman–Crippen LogP) is -0.357. The topological polar surface area (TPSA) is 69.6 Å². The van der Waals surface area contributed by atoms with Gasteiger partial charge in [0.2, 0.25) is 5.91 Å². The van der Waals surface area contributed by atoms with Crippen LogP contribution in [0.15, 0.2) is 0 Å². The number of nitrogens with one attached hydrogen (secondary N) is 1. The zero-order valence-electron chi connectivity index (χ0n) is 8.03. The van der Waals surface area contributed by atoms with Crippen LogP contribution in [0.5, 0.6) is 0 Å². The average molecular weight is 187 g/mol. The number of amides is 1. The molecule has 1 saturated carbocycles. The molecule has 0 radical (unpaired) electrons. The highest BCUT2D eigenvalue weighted by Gasteiger charge is 2.35. The predicted molar refractivity (Wildman–Crippen MR) is 48.0 cm³/mol. The molecule has 0 spiro atoms. The Balaban J connectivity index is 2.53. The van der Waals surface area contributed by atoms with Gasteiger partial charge in [0.25, 0.3) is 0 Å². The molecule has 13 heavy (non-hydrogen) atoms. The van der Waals surface area contributed by atoms with Crippen molar-refractivity contribution in [2.24, 2.45) is 5.92 Å². The molecule has 0 aromatic rings. The molecule has 0 bridgehead atoms. The van der Waals surface area contributed by atoms with Gasteiger partial charge in [-0.1, -0.05) is 6.92 Å². The van der Waals surface area contributed by atoms with E-state index in [2.05, 4.69) is 5.32 Å². The van der Waals surface area contributed by atoms with Gasteiger partial charge in [0.05, 0.1) is 12.1 Å². The lowest BCUT2D eigenvalue weighted by Crippen LogP contribution is -2.53. The third kappa shape index (κ3) is 2.42. The lowest BCUT2D eigenvalue weighted by Gasteiger charge is -2.36. The van der Waals surface area contributed by atoms with Gasteiger partial charge in [0.15, 0.2) is 0 Å². The van der Waals surface area contributed by atoms with Gasteiger partial charge in [-0.3, -0.25) is 4.79 Å². The maximum absolute atomic E-state index is 10.7. The third-order valence-electron chi connectivity index (χ3n) is 2.67. The summed E-state index contributed by atoms with van der Waals surface area (Å²) in [7, 11) is 0. The fourth-order valence-electron chi connectivity index (χ4n) is 1.78. The molecule has 0 aromatic heterocycles. The highest BCUT2D eigenvalue weighted by atomic mass is 16.3. The highest BCUT2D eigenvalue weighted by molar-refractivity contribution is 5.73. The monoisotopic (exact) mass is 187 g/mol. The molecule has 4 nitrogen and oxygen atoms in total. The first-order valence-corrected chi connectivity index (χ1v) is 4.65. The maximum atomic E-state index is 10.7. The lowest BCUT2D eigenvalue weighted by molar-refractivity contribution is -0.123. The Kier molecular flexibility index (Phi) is 3.27. The second-order valence-electron chi connectivity index (χ2n) is 3.84. The summed E-state index contributed by atoms with van der Waals surface area (Å²) in [5.74, 6) is -0.0502. The minimum absolute atomic E-state index is 0.111. The van der Waals surface area contributed by atoms with E-state index in [1.165, 1.54) is 6.92 Å². The summed E-state index contributed by atoms with van der Waals surface area (Å²) in [6, 6.07) is -0.288. The molecule has 0 unspecified atom stereocenters. The molecule has 1 fully saturated rings. The molecule has 76 valence electrons. The third-order valence-corrected chi connectivity index (χ3v) is 2.67. The van der Waals surface area contributed by atoms with Crippen molar-refractivity contribution in [3.05, 3.63) is 0 Å². The van der Waals surface area contributed by atoms with Crippen LogP contribution < -0.4 is 5.32 Å². The van der Waals surface area contributed by atoms with Gasteiger partial charge < -0.3 is 15.5 Å². The van der Waals surface area contributed by atoms with Crippen molar-refractivity contribution < 1.29 is 15.0 Å². The molecule has 4 atom stereocenters. The number of carbonyl (C=O) groups is 1. The Hall–Kier alpha value is -0.610. The summed E-state index contributed by atoms with van der Waals surface area (Å²) in [5.41, 5.74) is 0. The van der Waals surface area contributed by atoms with Crippen molar-refractivity contribution in [2.75, 3.05) is 0 Å². The van der Waals surface area contributed by atoms with Crippen LogP contribution in [0.1, 0.15) is 26.7 Å². The van der Waals surface area contributed by atoms with E-state index in [1.807, 2.05) is 6.92 Å². The molecule has 0 aliphatic heterocycles. The molecule has 1 amide bonds. The quantitative estimate of drug-likeness (QED) is 0.525. The molecule has 1 rings (SSSR count). The molecular formula is C9H17NO3. The Morgan fingerprint density at radius 1 is 1.31 bits per heavy atom. The average Bonchev–Trinajstić information content (AvgIpc) is 2.06. The Morgan fingerprint density at radius 3 is 2.46 bits per heavy atom. The standard InChI is InChI=1S/C9H17NO3/c1-5-3-4-7(10-6(2)11)9(13)8(5)12/h5,7-9,12-13H,3-4H2,1-2H3,(H,10,11)/t5-,7-,8+,9+/m0/s1. The van der Waals surface area contributed by atoms with E-state index in [1.54, 1.807) is 0 Å². The van der Waals surface area contributed by atoms with Crippen molar-refractivity contribution in [3.63, 3.8) is 0 Å². The van der Waals surface area contributed by atoms with Crippen molar-refractivity contribution >= 4 is 5.91 Å². The van der Waals surface area contributed by atoms with Crippen LogP contribution in [0.3, 0.4) is 0 Å². The van der Waals surface area contributed by atoms with Gasteiger partial charge in [0, 0.05) is 6.92 Å². The van der Waals surface area contributed by atoms with E-state index in [9.17, 15) is 15.0 Å². The number of carbonyl (C=O) groups excluding carboxylic acids is 1. The number of hydrogen-bond acceptors (Lipinski definition) is 3. The SMILES string of the molecule is CC(=O)N[C@H]1CC[C@H](C)[C@@H](O)[C@@H]1O. The highest BCUT2D eigenvalue weighted by Crippen LogP contribution is 2.24. The molecule has 0 heterocycles. The van der Waals surface area contributed by atoms with Crippen molar-refractivity contribution in [1.82, 2.24) is 5.32 Å². The van der Waals surface area contributed by atoms with Crippen LogP contribution in [-0.4, -0.2) is 34.4 Å². The molecule has 0 saturated heterocycles. The first kappa shape index (κ1) is 10.5. The van der Waals surface area contributed by atoms with E-state index in [-0.39, 0.29) is 17.9 Å². The number of aliphatic hydroxyl groups excluding tert-OH is 2. The summed E-state index contributed by atoms with van der Waals surface area (Å²) < 4.78 is 0. The Bertz CT molecular complexity index is 195. The fraction of sp³-hybridized carbons (Fsp3) is 0.889. The summed E-state index contributed by atoms with van der Waals surface area (Å²) in [6.45, 7) is 3.31. The van der Waals surface area contributed by atoms with E-state index in [0.717, 1.165) is 12.8 Å². The van der Waals surface area contributed by atoms with Crippen LogP contribution in [0.25, 0.3) is 0 Å². The van der Waals surface area contributed by atoms with Gasteiger partial charge in [-0.05, 0) is 18.8 Å².